The van der Waals surface area contributed by atoms with Gasteiger partial charge in [0.05, 0.1) is 18.1 Å². The Hall–Kier alpha value is -1.89. The number of piperazine rings is 1. The van der Waals surface area contributed by atoms with Gasteiger partial charge in [-0.15, -0.1) is 0 Å². The molecule has 98 valence electrons. The zero-order valence-electron chi connectivity index (χ0n) is 10.6. The fourth-order valence-electron chi connectivity index (χ4n) is 1.90. The molecule has 1 amide bonds. The normalized spacial score (nSPS) is 19.7. The van der Waals surface area contributed by atoms with Crippen molar-refractivity contribution >= 4 is 17.5 Å². The van der Waals surface area contributed by atoms with Gasteiger partial charge >= 0.3 is 0 Å². The van der Waals surface area contributed by atoms with Crippen molar-refractivity contribution in [1.82, 2.24) is 20.2 Å². The van der Waals surface area contributed by atoms with Crippen molar-refractivity contribution in [3.8, 4) is 0 Å². The lowest BCUT2D eigenvalue weighted by molar-refractivity contribution is -0.130. The third-order valence-electron chi connectivity index (χ3n) is 2.86. The van der Waals surface area contributed by atoms with Crippen LogP contribution in [-0.4, -0.2) is 60.5 Å². The molecule has 2 rings (SSSR count). The minimum Gasteiger partial charge on any atom is -0.396 e. The van der Waals surface area contributed by atoms with Gasteiger partial charge in [0, 0.05) is 33.7 Å². The minimum absolute atomic E-state index is 0.0649. The quantitative estimate of drug-likeness (QED) is 0.694. The second-order valence-electron chi connectivity index (χ2n) is 4.50. The standard InChI is InChI=1S/C11H18N6O/c1-16(2)10(18)9-7-17(4-3-13-9)11-14-5-8(12)6-15-11/h5-6,9,13H,3-4,7,12H2,1-2H3/t9-/m1/s1. The van der Waals surface area contributed by atoms with Crippen molar-refractivity contribution in [3.63, 3.8) is 0 Å². The second kappa shape index (κ2) is 5.18. The van der Waals surface area contributed by atoms with E-state index in [0.29, 0.717) is 18.2 Å². The van der Waals surface area contributed by atoms with Gasteiger partial charge in [-0.1, -0.05) is 0 Å². The molecule has 0 aliphatic carbocycles. The molecule has 1 aliphatic heterocycles. The summed E-state index contributed by atoms with van der Waals surface area (Å²) in [5, 5.41) is 3.20. The number of anilines is 2. The summed E-state index contributed by atoms with van der Waals surface area (Å²) in [6.45, 7) is 2.08. The fraction of sp³-hybridized carbons (Fsp3) is 0.545. The highest BCUT2D eigenvalue weighted by atomic mass is 16.2. The highest BCUT2D eigenvalue weighted by Gasteiger charge is 2.27. The summed E-state index contributed by atoms with van der Waals surface area (Å²) in [5.41, 5.74) is 6.09. The predicted octanol–water partition coefficient (Wildman–Crippen LogP) is -1.07. The average molecular weight is 250 g/mol. The predicted molar refractivity (Wildman–Crippen MR) is 69.1 cm³/mol. The van der Waals surface area contributed by atoms with E-state index in [1.54, 1.807) is 31.4 Å². The summed E-state index contributed by atoms with van der Waals surface area (Å²) >= 11 is 0. The molecule has 7 nitrogen and oxygen atoms in total. The topological polar surface area (TPSA) is 87.4 Å². The Morgan fingerprint density at radius 1 is 1.50 bits per heavy atom. The van der Waals surface area contributed by atoms with Crippen LogP contribution in [0.1, 0.15) is 0 Å². The Balaban J connectivity index is 2.07. The first-order valence-corrected chi connectivity index (χ1v) is 5.85. The number of amides is 1. The number of carbonyl (C=O) groups is 1. The number of nitrogens with one attached hydrogen (secondary N) is 1. The molecule has 18 heavy (non-hydrogen) atoms. The van der Waals surface area contributed by atoms with E-state index in [0.717, 1.165) is 13.1 Å². The summed E-state index contributed by atoms with van der Waals surface area (Å²) in [5.74, 6) is 0.678. The van der Waals surface area contributed by atoms with E-state index in [9.17, 15) is 4.79 Å². The van der Waals surface area contributed by atoms with Crippen molar-refractivity contribution < 1.29 is 4.79 Å². The van der Waals surface area contributed by atoms with Crippen LogP contribution in [0.3, 0.4) is 0 Å². The Labute approximate surface area is 106 Å². The smallest absolute Gasteiger partial charge is 0.241 e. The molecule has 0 unspecified atom stereocenters. The van der Waals surface area contributed by atoms with Gasteiger partial charge in [-0.25, -0.2) is 9.97 Å². The molecule has 0 saturated carbocycles. The van der Waals surface area contributed by atoms with E-state index in [1.165, 1.54) is 0 Å². The number of likely N-dealkylation sites (N-methyl/N-ethyl adjacent to an activating group) is 1. The molecule has 2 heterocycles. The van der Waals surface area contributed by atoms with Gasteiger partial charge in [0.2, 0.25) is 11.9 Å². The van der Waals surface area contributed by atoms with Gasteiger partial charge in [-0.2, -0.15) is 0 Å². The zero-order valence-corrected chi connectivity index (χ0v) is 10.6. The van der Waals surface area contributed by atoms with E-state index >= 15 is 0 Å². The third kappa shape index (κ3) is 2.67. The third-order valence-corrected chi connectivity index (χ3v) is 2.86. The first-order chi connectivity index (χ1) is 8.58. The number of hydrogen-bond donors (Lipinski definition) is 2. The Morgan fingerprint density at radius 2 is 2.17 bits per heavy atom. The Bertz CT molecular complexity index is 418. The molecular formula is C11H18N6O. The van der Waals surface area contributed by atoms with E-state index in [4.69, 9.17) is 5.73 Å². The molecule has 0 bridgehead atoms. The van der Waals surface area contributed by atoms with Crippen LogP contribution in [0.5, 0.6) is 0 Å². The second-order valence-corrected chi connectivity index (χ2v) is 4.50. The maximum Gasteiger partial charge on any atom is 0.241 e. The van der Waals surface area contributed by atoms with Crippen molar-refractivity contribution in [1.29, 1.82) is 0 Å². The van der Waals surface area contributed by atoms with Gasteiger partial charge in [0.1, 0.15) is 6.04 Å². The monoisotopic (exact) mass is 250 g/mol. The number of hydrogen-bond acceptors (Lipinski definition) is 6. The van der Waals surface area contributed by atoms with Crippen molar-refractivity contribution in [2.75, 3.05) is 44.4 Å². The molecule has 7 heteroatoms. The number of rotatable bonds is 2. The molecule has 1 fully saturated rings. The van der Waals surface area contributed by atoms with Crippen LogP contribution in [0.2, 0.25) is 0 Å². The Morgan fingerprint density at radius 3 is 2.78 bits per heavy atom. The Kier molecular flexibility index (Phi) is 3.61. The first kappa shape index (κ1) is 12.6. The highest BCUT2D eigenvalue weighted by molar-refractivity contribution is 5.82. The number of aromatic nitrogens is 2. The van der Waals surface area contributed by atoms with Crippen molar-refractivity contribution in [2.45, 2.75) is 6.04 Å². The summed E-state index contributed by atoms with van der Waals surface area (Å²) in [7, 11) is 3.51. The maximum atomic E-state index is 11.9. The molecule has 3 N–H and O–H groups in total. The SMILES string of the molecule is CN(C)C(=O)[C@H]1CN(c2ncc(N)cn2)CCN1. The number of nitrogens with two attached hydrogens (primary N) is 1. The van der Waals surface area contributed by atoms with E-state index in [-0.39, 0.29) is 11.9 Å². The molecule has 0 radical (unpaired) electrons. The summed E-state index contributed by atoms with van der Waals surface area (Å²) < 4.78 is 0. The van der Waals surface area contributed by atoms with Crippen LogP contribution in [0.4, 0.5) is 11.6 Å². The number of carbonyl (C=O) groups excluding carboxylic acids is 1. The van der Waals surface area contributed by atoms with Crippen LogP contribution in [0, 0.1) is 0 Å². The molecular weight excluding hydrogens is 232 g/mol. The van der Waals surface area contributed by atoms with Crippen LogP contribution in [-0.2, 0) is 4.79 Å². The van der Waals surface area contributed by atoms with Gasteiger partial charge in [-0.05, 0) is 0 Å². The van der Waals surface area contributed by atoms with Crippen LogP contribution in [0.25, 0.3) is 0 Å². The average Bonchev–Trinajstić information content (AvgIpc) is 2.38. The fourth-order valence-corrected chi connectivity index (χ4v) is 1.90. The lowest BCUT2D eigenvalue weighted by Gasteiger charge is -2.33. The summed E-state index contributed by atoms with van der Waals surface area (Å²) in [4.78, 5) is 23.8. The molecule has 1 atom stereocenters. The van der Waals surface area contributed by atoms with Crippen LogP contribution < -0.4 is 16.0 Å². The van der Waals surface area contributed by atoms with E-state index < -0.39 is 0 Å². The van der Waals surface area contributed by atoms with Crippen LogP contribution >= 0.6 is 0 Å². The summed E-state index contributed by atoms with van der Waals surface area (Å²) in [6, 6.07) is -0.213. The van der Waals surface area contributed by atoms with Gasteiger partial charge in [0.15, 0.2) is 0 Å². The molecule has 0 spiro atoms. The minimum atomic E-state index is -0.213. The molecule has 0 aromatic carbocycles. The highest BCUT2D eigenvalue weighted by Crippen LogP contribution is 2.11. The lowest BCUT2D eigenvalue weighted by atomic mass is 10.2. The van der Waals surface area contributed by atoms with Gasteiger partial charge in [0.25, 0.3) is 0 Å². The van der Waals surface area contributed by atoms with Crippen LogP contribution in [0.15, 0.2) is 12.4 Å². The zero-order chi connectivity index (χ0) is 13.1. The molecule has 1 saturated heterocycles. The van der Waals surface area contributed by atoms with Crippen molar-refractivity contribution in [2.24, 2.45) is 0 Å². The maximum absolute atomic E-state index is 11.9. The van der Waals surface area contributed by atoms with Gasteiger partial charge < -0.3 is 20.9 Å². The van der Waals surface area contributed by atoms with Gasteiger partial charge in [-0.3, -0.25) is 4.79 Å². The first-order valence-electron chi connectivity index (χ1n) is 5.85. The number of nitrogen functional groups attached to an aromatic ring is 1. The molecule has 1 aromatic heterocycles. The van der Waals surface area contributed by atoms with E-state index in [2.05, 4.69) is 15.3 Å². The largest absolute Gasteiger partial charge is 0.396 e. The van der Waals surface area contributed by atoms with Crippen molar-refractivity contribution in [3.05, 3.63) is 12.4 Å². The molecule has 1 aromatic rings. The van der Waals surface area contributed by atoms with E-state index in [1.807, 2.05) is 4.90 Å². The summed E-state index contributed by atoms with van der Waals surface area (Å²) in [6.07, 6.45) is 3.15. The lowest BCUT2D eigenvalue weighted by Crippen LogP contribution is -2.57. The number of nitrogens with zero attached hydrogens (tertiary/aromatic N) is 4. The molecule has 1 aliphatic rings.